The Bertz CT molecular complexity index is 596. The van der Waals surface area contributed by atoms with Crippen molar-refractivity contribution in [2.75, 3.05) is 6.54 Å². The summed E-state index contributed by atoms with van der Waals surface area (Å²) in [6.07, 6.45) is 0. The average molecular weight is 273 g/mol. The van der Waals surface area contributed by atoms with Crippen LogP contribution in [0, 0.1) is 17.0 Å². The van der Waals surface area contributed by atoms with Crippen LogP contribution in [0.25, 0.3) is 0 Å². The number of nitro groups is 1. The fraction of sp³-hybridized carbons (Fsp3) is 0.222. The van der Waals surface area contributed by atoms with E-state index in [0.717, 1.165) is 6.07 Å². The van der Waals surface area contributed by atoms with E-state index in [1.165, 1.54) is 19.1 Å². The summed E-state index contributed by atoms with van der Waals surface area (Å²) in [7, 11) is -4.00. The number of nitro benzene ring substituents is 1. The fourth-order valence-electron chi connectivity index (χ4n) is 1.24. The Morgan fingerprint density at radius 3 is 2.61 bits per heavy atom. The zero-order valence-corrected chi connectivity index (χ0v) is 10.2. The summed E-state index contributed by atoms with van der Waals surface area (Å²) in [6, 6.07) is 3.44. The van der Waals surface area contributed by atoms with Crippen LogP contribution in [0.4, 0.5) is 5.69 Å². The minimum absolute atomic E-state index is 0.252. The molecule has 0 fully saturated rings. The molecule has 0 aliphatic heterocycles. The standard InChI is InChI=1S/C9H11N3O5S/c1-6-2-3-7(12(14)15)4-8(6)18(16,17)11-5-9(10)13/h2-4,11H,5H2,1H3,(H2,10,13). The quantitative estimate of drug-likeness (QED) is 0.559. The molecule has 0 aliphatic rings. The van der Waals surface area contributed by atoms with Gasteiger partial charge in [0.2, 0.25) is 15.9 Å². The molecule has 9 heteroatoms. The van der Waals surface area contributed by atoms with Gasteiger partial charge >= 0.3 is 0 Å². The van der Waals surface area contributed by atoms with Gasteiger partial charge in [0.25, 0.3) is 5.69 Å². The van der Waals surface area contributed by atoms with Crippen molar-refractivity contribution in [1.82, 2.24) is 4.72 Å². The highest BCUT2D eigenvalue weighted by Crippen LogP contribution is 2.21. The molecule has 1 rings (SSSR count). The van der Waals surface area contributed by atoms with Gasteiger partial charge in [-0.15, -0.1) is 0 Å². The predicted molar refractivity (Wildman–Crippen MR) is 62.2 cm³/mol. The normalized spacial score (nSPS) is 11.2. The van der Waals surface area contributed by atoms with Crippen molar-refractivity contribution < 1.29 is 18.1 Å². The van der Waals surface area contributed by atoms with Crippen LogP contribution in [0.5, 0.6) is 0 Å². The Balaban J connectivity index is 3.18. The van der Waals surface area contributed by atoms with E-state index in [2.05, 4.69) is 0 Å². The largest absolute Gasteiger partial charge is 0.369 e. The number of aryl methyl sites for hydroxylation is 1. The van der Waals surface area contributed by atoms with E-state index < -0.39 is 27.4 Å². The maximum atomic E-state index is 11.8. The van der Waals surface area contributed by atoms with Crippen molar-refractivity contribution in [3.05, 3.63) is 33.9 Å². The van der Waals surface area contributed by atoms with Crippen LogP contribution in [-0.4, -0.2) is 25.8 Å². The topological polar surface area (TPSA) is 132 Å². The molecule has 0 radical (unpaired) electrons. The van der Waals surface area contributed by atoms with E-state index in [0.29, 0.717) is 5.56 Å². The molecule has 18 heavy (non-hydrogen) atoms. The number of carbonyl (C=O) groups is 1. The molecular weight excluding hydrogens is 262 g/mol. The van der Waals surface area contributed by atoms with E-state index in [9.17, 15) is 23.3 Å². The molecule has 0 saturated carbocycles. The lowest BCUT2D eigenvalue weighted by Crippen LogP contribution is -2.33. The van der Waals surface area contributed by atoms with Crippen LogP contribution in [0.3, 0.4) is 0 Å². The summed E-state index contributed by atoms with van der Waals surface area (Å²) < 4.78 is 25.5. The van der Waals surface area contributed by atoms with Gasteiger partial charge in [-0.1, -0.05) is 6.07 Å². The molecule has 0 aromatic heterocycles. The lowest BCUT2D eigenvalue weighted by Gasteiger charge is -2.07. The Kier molecular flexibility index (Phi) is 3.99. The summed E-state index contributed by atoms with van der Waals surface area (Å²) in [5.74, 6) is -0.846. The number of hydrogen-bond acceptors (Lipinski definition) is 5. The van der Waals surface area contributed by atoms with E-state index in [4.69, 9.17) is 5.73 Å². The highest BCUT2D eigenvalue weighted by Gasteiger charge is 2.20. The molecule has 0 aliphatic carbocycles. The van der Waals surface area contributed by atoms with Gasteiger partial charge < -0.3 is 5.73 Å². The smallest absolute Gasteiger partial charge is 0.270 e. The van der Waals surface area contributed by atoms with E-state index >= 15 is 0 Å². The Labute approximate surface area is 103 Å². The highest BCUT2D eigenvalue weighted by atomic mass is 32.2. The molecular formula is C9H11N3O5S. The first kappa shape index (κ1) is 14.1. The molecule has 0 unspecified atom stereocenters. The number of benzene rings is 1. The number of primary amides is 1. The van der Waals surface area contributed by atoms with Crippen molar-refractivity contribution in [2.45, 2.75) is 11.8 Å². The summed E-state index contributed by atoms with van der Waals surface area (Å²) in [5.41, 5.74) is 4.80. The minimum atomic E-state index is -4.00. The van der Waals surface area contributed by atoms with Crippen LogP contribution >= 0.6 is 0 Å². The molecule has 1 aromatic rings. The number of nitrogens with two attached hydrogens (primary N) is 1. The summed E-state index contributed by atoms with van der Waals surface area (Å²) in [4.78, 5) is 20.1. The van der Waals surface area contributed by atoms with Crippen LogP contribution in [-0.2, 0) is 14.8 Å². The molecule has 98 valence electrons. The van der Waals surface area contributed by atoms with Gasteiger partial charge in [-0.25, -0.2) is 13.1 Å². The number of nitrogens with zero attached hydrogens (tertiary/aromatic N) is 1. The van der Waals surface area contributed by atoms with Gasteiger partial charge in [-0.05, 0) is 12.5 Å². The first-order valence-electron chi connectivity index (χ1n) is 4.77. The monoisotopic (exact) mass is 273 g/mol. The molecule has 1 aromatic carbocycles. The number of rotatable bonds is 5. The van der Waals surface area contributed by atoms with Crippen molar-refractivity contribution in [2.24, 2.45) is 5.73 Å². The van der Waals surface area contributed by atoms with Crippen LogP contribution in [0.2, 0.25) is 0 Å². The molecule has 0 bridgehead atoms. The second kappa shape index (κ2) is 5.10. The van der Waals surface area contributed by atoms with E-state index in [1.54, 1.807) is 0 Å². The van der Waals surface area contributed by atoms with Crippen molar-refractivity contribution in [3.63, 3.8) is 0 Å². The molecule has 0 saturated heterocycles. The third-order valence-electron chi connectivity index (χ3n) is 2.11. The molecule has 0 spiro atoms. The van der Waals surface area contributed by atoms with Crippen molar-refractivity contribution in [1.29, 1.82) is 0 Å². The SMILES string of the molecule is Cc1ccc([N+](=O)[O-])cc1S(=O)(=O)NCC(N)=O. The zero-order valence-electron chi connectivity index (χ0n) is 9.41. The minimum Gasteiger partial charge on any atom is -0.369 e. The van der Waals surface area contributed by atoms with Crippen molar-refractivity contribution >= 4 is 21.6 Å². The van der Waals surface area contributed by atoms with Gasteiger partial charge in [-0.3, -0.25) is 14.9 Å². The summed E-state index contributed by atoms with van der Waals surface area (Å²) in [6.45, 7) is 0.924. The van der Waals surface area contributed by atoms with Crippen molar-refractivity contribution in [3.8, 4) is 0 Å². The van der Waals surface area contributed by atoms with E-state index in [-0.39, 0.29) is 10.6 Å². The Hall–Kier alpha value is -2.00. The van der Waals surface area contributed by atoms with E-state index in [1.807, 2.05) is 4.72 Å². The lowest BCUT2D eigenvalue weighted by molar-refractivity contribution is -0.385. The van der Waals surface area contributed by atoms with Gasteiger partial charge in [-0.2, -0.15) is 0 Å². The van der Waals surface area contributed by atoms with Gasteiger partial charge in [0.05, 0.1) is 16.4 Å². The zero-order chi connectivity index (χ0) is 13.9. The number of sulfonamides is 1. The molecule has 0 heterocycles. The third-order valence-corrected chi connectivity index (χ3v) is 3.65. The summed E-state index contributed by atoms with van der Waals surface area (Å²) in [5, 5.41) is 10.6. The highest BCUT2D eigenvalue weighted by molar-refractivity contribution is 7.89. The van der Waals surface area contributed by atoms with Crippen LogP contribution in [0.15, 0.2) is 23.1 Å². The third kappa shape index (κ3) is 3.25. The van der Waals surface area contributed by atoms with Gasteiger partial charge in [0.1, 0.15) is 0 Å². The second-order valence-corrected chi connectivity index (χ2v) is 5.23. The first-order chi connectivity index (χ1) is 8.24. The molecule has 1 amide bonds. The predicted octanol–water partition coefficient (Wildman–Crippen LogP) is -0.333. The fourth-order valence-corrected chi connectivity index (χ4v) is 2.49. The molecule has 8 nitrogen and oxygen atoms in total. The maximum absolute atomic E-state index is 11.8. The first-order valence-corrected chi connectivity index (χ1v) is 6.25. The second-order valence-electron chi connectivity index (χ2n) is 3.50. The van der Waals surface area contributed by atoms with Gasteiger partial charge in [0, 0.05) is 12.1 Å². The van der Waals surface area contributed by atoms with Gasteiger partial charge in [0.15, 0.2) is 0 Å². The average Bonchev–Trinajstić information content (AvgIpc) is 2.26. The molecule has 3 N–H and O–H groups in total. The maximum Gasteiger partial charge on any atom is 0.270 e. The van der Waals surface area contributed by atoms with Crippen LogP contribution in [0.1, 0.15) is 5.56 Å². The lowest BCUT2D eigenvalue weighted by atomic mass is 10.2. The number of nitrogens with one attached hydrogen (secondary N) is 1. The Morgan fingerprint density at radius 2 is 2.11 bits per heavy atom. The number of amides is 1. The summed E-state index contributed by atoms with van der Waals surface area (Å²) >= 11 is 0. The van der Waals surface area contributed by atoms with Crippen LogP contribution < -0.4 is 10.5 Å². The molecule has 0 atom stereocenters. The Morgan fingerprint density at radius 1 is 1.50 bits per heavy atom. The number of hydrogen-bond donors (Lipinski definition) is 2. The number of carbonyl (C=O) groups excluding carboxylic acids is 1. The number of non-ortho nitro benzene ring substituents is 1.